The van der Waals surface area contributed by atoms with Gasteiger partial charge in [0.2, 0.25) is 0 Å². The number of hydrogen-bond acceptors (Lipinski definition) is 5. The highest BCUT2D eigenvalue weighted by atomic mass is 16.6. The SMILES string of the molecule is CCc1cc(C2(c3cc(O)c(CC)c(CC)c3)OC(=O)c3ccc(C(=O)O)cc32)cc(O)c1CC. The van der Waals surface area contributed by atoms with Gasteiger partial charge in [-0.05, 0) is 78.3 Å². The Bertz CT molecular complexity index is 1280. The predicted octanol–water partition coefficient (Wildman–Crippen LogP) is 5.51. The molecule has 35 heavy (non-hydrogen) atoms. The quantitative estimate of drug-likeness (QED) is 0.390. The summed E-state index contributed by atoms with van der Waals surface area (Å²) in [6.45, 7) is 7.89. The molecule has 182 valence electrons. The van der Waals surface area contributed by atoms with Gasteiger partial charge in [0, 0.05) is 16.7 Å². The summed E-state index contributed by atoms with van der Waals surface area (Å²) in [5, 5.41) is 31.5. The van der Waals surface area contributed by atoms with E-state index in [9.17, 15) is 24.9 Å². The van der Waals surface area contributed by atoms with Crippen molar-refractivity contribution in [2.45, 2.75) is 59.0 Å². The van der Waals surface area contributed by atoms with Crippen LogP contribution in [0.4, 0.5) is 0 Å². The smallest absolute Gasteiger partial charge is 0.340 e. The lowest BCUT2D eigenvalue weighted by Gasteiger charge is -2.32. The Labute approximate surface area is 204 Å². The van der Waals surface area contributed by atoms with E-state index in [0.29, 0.717) is 42.4 Å². The highest BCUT2D eigenvalue weighted by Crippen LogP contribution is 2.50. The number of benzene rings is 3. The number of carboxylic acid groups (broad SMARTS) is 1. The van der Waals surface area contributed by atoms with Crippen molar-refractivity contribution >= 4 is 11.9 Å². The van der Waals surface area contributed by atoms with E-state index in [2.05, 4.69) is 0 Å². The second kappa shape index (κ2) is 9.10. The van der Waals surface area contributed by atoms with Crippen molar-refractivity contribution in [3.05, 3.63) is 92.5 Å². The maximum Gasteiger partial charge on any atom is 0.340 e. The van der Waals surface area contributed by atoms with Gasteiger partial charge in [-0.1, -0.05) is 39.8 Å². The molecule has 0 aromatic heterocycles. The summed E-state index contributed by atoms with van der Waals surface area (Å²) in [6, 6.07) is 11.3. The lowest BCUT2D eigenvalue weighted by atomic mass is 9.77. The summed E-state index contributed by atoms with van der Waals surface area (Å²) >= 11 is 0. The van der Waals surface area contributed by atoms with Gasteiger partial charge in [0.15, 0.2) is 5.60 Å². The second-order valence-corrected chi connectivity index (χ2v) is 8.82. The van der Waals surface area contributed by atoms with Crippen molar-refractivity contribution < 1.29 is 29.6 Å². The molecule has 0 spiro atoms. The summed E-state index contributed by atoms with van der Waals surface area (Å²) in [6.07, 6.45) is 2.56. The van der Waals surface area contributed by atoms with Gasteiger partial charge in [-0.3, -0.25) is 0 Å². The predicted molar refractivity (Wildman–Crippen MR) is 132 cm³/mol. The van der Waals surface area contributed by atoms with Crippen LogP contribution in [0.15, 0.2) is 42.5 Å². The molecule has 0 saturated heterocycles. The average Bonchev–Trinajstić information content (AvgIpc) is 3.15. The summed E-state index contributed by atoms with van der Waals surface area (Å²) in [4.78, 5) is 25.0. The van der Waals surface area contributed by atoms with Crippen molar-refractivity contribution in [1.29, 1.82) is 0 Å². The molecule has 3 aromatic carbocycles. The van der Waals surface area contributed by atoms with E-state index in [1.165, 1.54) is 18.2 Å². The van der Waals surface area contributed by atoms with E-state index in [4.69, 9.17) is 4.74 Å². The first-order valence-electron chi connectivity index (χ1n) is 12.0. The summed E-state index contributed by atoms with van der Waals surface area (Å²) in [5.74, 6) is -1.54. The minimum absolute atomic E-state index is 0.0154. The van der Waals surface area contributed by atoms with Crippen molar-refractivity contribution in [2.24, 2.45) is 0 Å². The number of esters is 1. The Hall–Kier alpha value is -3.80. The van der Waals surface area contributed by atoms with E-state index >= 15 is 0 Å². The zero-order valence-corrected chi connectivity index (χ0v) is 20.4. The number of aromatic hydroxyl groups is 2. The van der Waals surface area contributed by atoms with Gasteiger partial charge in [-0.15, -0.1) is 0 Å². The number of fused-ring (bicyclic) bond motifs is 1. The lowest BCUT2D eigenvalue weighted by molar-refractivity contribution is 0.0249. The van der Waals surface area contributed by atoms with Crippen LogP contribution in [0.2, 0.25) is 0 Å². The molecule has 1 aliphatic rings. The highest BCUT2D eigenvalue weighted by molar-refractivity contribution is 5.98. The van der Waals surface area contributed by atoms with Crippen LogP contribution in [0.1, 0.15) is 87.4 Å². The summed E-state index contributed by atoms with van der Waals surface area (Å²) in [7, 11) is 0. The van der Waals surface area contributed by atoms with Crippen molar-refractivity contribution in [1.82, 2.24) is 0 Å². The topological polar surface area (TPSA) is 104 Å². The van der Waals surface area contributed by atoms with E-state index in [1.54, 1.807) is 12.1 Å². The molecule has 3 N–H and O–H groups in total. The Morgan fingerprint density at radius 1 is 0.800 bits per heavy atom. The number of rotatable bonds is 7. The fourth-order valence-corrected chi connectivity index (χ4v) is 5.28. The van der Waals surface area contributed by atoms with Crippen LogP contribution in [0, 0.1) is 0 Å². The first-order valence-corrected chi connectivity index (χ1v) is 12.0. The molecule has 6 heteroatoms. The number of phenolic OH excluding ortho intramolecular Hbond substituents is 2. The molecular formula is C29H30O6. The molecule has 0 aliphatic carbocycles. The molecular weight excluding hydrogens is 444 g/mol. The molecule has 1 aliphatic heterocycles. The minimum Gasteiger partial charge on any atom is -0.508 e. The zero-order valence-electron chi connectivity index (χ0n) is 20.4. The molecule has 0 unspecified atom stereocenters. The third-order valence-electron chi connectivity index (χ3n) is 7.03. The molecule has 0 atom stereocenters. The third kappa shape index (κ3) is 3.73. The Balaban J connectivity index is 2.15. The monoisotopic (exact) mass is 474 g/mol. The van der Waals surface area contributed by atoms with Crippen molar-refractivity contribution in [2.75, 3.05) is 0 Å². The Morgan fingerprint density at radius 2 is 1.31 bits per heavy atom. The van der Waals surface area contributed by atoms with Crippen molar-refractivity contribution in [3.8, 4) is 11.5 Å². The second-order valence-electron chi connectivity index (χ2n) is 8.82. The Morgan fingerprint density at radius 3 is 1.74 bits per heavy atom. The lowest BCUT2D eigenvalue weighted by Crippen LogP contribution is -2.30. The minimum atomic E-state index is -1.53. The summed E-state index contributed by atoms with van der Waals surface area (Å²) in [5.41, 5.74) is 3.57. The van der Waals surface area contributed by atoms with E-state index in [1.807, 2.05) is 39.8 Å². The maximum atomic E-state index is 13.1. The van der Waals surface area contributed by atoms with Crippen LogP contribution in [0.3, 0.4) is 0 Å². The number of ether oxygens (including phenoxy) is 1. The molecule has 0 radical (unpaired) electrons. The van der Waals surface area contributed by atoms with Crippen LogP contribution < -0.4 is 0 Å². The van der Waals surface area contributed by atoms with Gasteiger partial charge < -0.3 is 20.1 Å². The van der Waals surface area contributed by atoms with Gasteiger partial charge in [0.05, 0.1) is 11.1 Å². The van der Waals surface area contributed by atoms with Crippen molar-refractivity contribution in [3.63, 3.8) is 0 Å². The average molecular weight is 475 g/mol. The fourth-order valence-electron chi connectivity index (χ4n) is 5.28. The molecule has 4 rings (SSSR count). The number of aromatic carboxylic acids is 1. The van der Waals surface area contributed by atoms with Crippen LogP contribution in [0.5, 0.6) is 11.5 Å². The molecule has 0 fully saturated rings. The molecule has 0 bridgehead atoms. The largest absolute Gasteiger partial charge is 0.508 e. The number of aryl methyl sites for hydroxylation is 2. The zero-order chi connectivity index (χ0) is 25.5. The normalized spacial score (nSPS) is 14.0. The number of phenols is 2. The van der Waals surface area contributed by atoms with E-state index in [-0.39, 0.29) is 22.6 Å². The number of hydrogen-bond donors (Lipinski definition) is 3. The van der Waals surface area contributed by atoms with Gasteiger partial charge in [-0.25, -0.2) is 9.59 Å². The maximum absolute atomic E-state index is 13.1. The number of cyclic esters (lactones) is 1. The first kappa shape index (κ1) is 24.3. The van der Waals surface area contributed by atoms with E-state index < -0.39 is 17.5 Å². The molecule has 3 aromatic rings. The number of carboxylic acids is 1. The molecule has 1 heterocycles. The summed E-state index contributed by atoms with van der Waals surface area (Å²) < 4.78 is 6.13. The van der Waals surface area contributed by atoms with Gasteiger partial charge >= 0.3 is 11.9 Å². The third-order valence-corrected chi connectivity index (χ3v) is 7.03. The van der Waals surface area contributed by atoms with Crippen LogP contribution in [0.25, 0.3) is 0 Å². The highest BCUT2D eigenvalue weighted by Gasteiger charge is 2.50. The molecule has 0 amide bonds. The molecule has 6 nitrogen and oxygen atoms in total. The standard InChI is InChI=1S/C29H30O6/c1-5-16-11-19(14-25(30)21(16)7-3)29(20-12-17(6-2)22(8-4)26(31)15-20)24-13-18(27(32)33)9-10-23(24)28(34)35-29/h9-15,30-31H,5-8H2,1-4H3,(H,32,33). The Kier molecular flexibility index (Phi) is 6.32. The fraction of sp³-hybridized carbons (Fsp3) is 0.310. The number of carbonyl (C=O) groups excluding carboxylic acids is 1. The first-order chi connectivity index (χ1) is 16.7. The van der Waals surface area contributed by atoms with Gasteiger partial charge in [-0.2, -0.15) is 0 Å². The van der Waals surface area contributed by atoms with Crippen LogP contribution in [-0.2, 0) is 36.0 Å². The van der Waals surface area contributed by atoms with Gasteiger partial charge in [0.1, 0.15) is 11.5 Å². The van der Waals surface area contributed by atoms with Crippen LogP contribution in [-0.4, -0.2) is 27.3 Å². The van der Waals surface area contributed by atoms with Gasteiger partial charge in [0.25, 0.3) is 0 Å². The van der Waals surface area contributed by atoms with E-state index in [0.717, 1.165) is 22.3 Å². The molecule has 0 saturated carbocycles. The van der Waals surface area contributed by atoms with Crippen LogP contribution >= 0.6 is 0 Å². The number of carbonyl (C=O) groups is 2.